The van der Waals surface area contributed by atoms with Gasteiger partial charge in [-0.3, -0.25) is 9.59 Å². The molecule has 5 heteroatoms. The molecule has 2 amide bonds. The predicted molar refractivity (Wildman–Crippen MR) is 117 cm³/mol. The second kappa shape index (κ2) is 8.19. The lowest BCUT2D eigenvalue weighted by atomic mass is 10.1. The lowest BCUT2D eigenvalue weighted by Crippen LogP contribution is -2.34. The first-order valence-corrected chi connectivity index (χ1v) is 9.69. The van der Waals surface area contributed by atoms with Crippen LogP contribution >= 0.6 is 0 Å². The lowest BCUT2D eigenvalue weighted by molar-refractivity contribution is -0.116. The molecule has 3 aromatic carbocycles. The largest absolute Gasteiger partial charge is 0.376 e. The molecule has 0 aliphatic carbocycles. The van der Waals surface area contributed by atoms with Gasteiger partial charge in [0.2, 0.25) is 5.91 Å². The van der Waals surface area contributed by atoms with E-state index >= 15 is 0 Å². The zero-order valence-electron chi connectivity index (χ0n) is 16.3. The van der Waals surface area contributed by atoms with Gasteiger partial charge in [0.05, 0.1) is 6.54 Å². The van der Waals surface area contributed by atoms with E-state index in [0.29, 0.717) is 12.1 Å². The molecule has 1 N–H and O–H groups in total. The summed E-state index contributed by atoms with van der Waals surface area (Å²) < 4.78 is 0. The monoisotopic (exact) mass is 385 g/mol. The van der Waals surface area contributed by atoms with Crippen LogP contribution in [0.15, 0.2) is 78.9 Å². The SMILES string of the molecule is CN(C(=O)c1cccc(NCC(=O)N2CCc3ccccc32)c1)c1ccccc1. The number of anilines is 3. The van der Waals surface area contributed by atoms with Crippen molar-refractivity contribution in [2.24, 2.45) is 0 Å². The number of fused-ring (bicyclic) bond motifs is 1. The fourth-order valence-corrected chi connectivity index (χ4v) is 3.60. The number of benzene rings is 3. The van der Waals surface area contributed by atoms with Gasteiger partial charge in [-0.05, 0) is 48.4 Å². The maximum absolute atomic E-state index is 12.8. The number of hydrogen-bond donors (Lipinski definition) is 1. The third kappa shape index (κ3) is 3.99. The van der Waals surface area contributed by atoms with Gasteiger partial charge in [-0.1, -0.05) is 42.5 Å². The minimum absolute atomic E-state index is 0.0214. The quantitative estimate of drug-likeness (QED) is 0.723. The third-order valence-electron chi connectivity index (χ3n) is 5.19. The van der Waals surface area contributed by atoms with Crippen LogP contribution in [0.4, 0.5) is 17.1 Å². The van der Waals surface area contributed by atoms with Gasteiger partial charge in [-0.25, -0.2) is 0 Å². The molecule has 0 radical (unpaired) electrons. The van der Waals surface area contributed by atoms with E-state index in [4.69, 9.17) is 0 Å². The predicted octanol–water partition coefficient (Wildman–Crippen LogP) is 3.96. The highest BCUT2D eigenvalue weighted by Crippen LogP contribution is 2.27. The van der Waals surface area contributed by atoms with E-state index in [1.54, 1.807) is 24.1 Å². The lowest BCUT2D eigenvalue weighted by Gasteiger charge is -2.19. The van der Waals surface area contributed by atoms with Gasteiger partial charge in [0.1, 0.15) is 0 Å². The summed E-state index contributed by atoms with van der Waals surface area (Å²) in [5.41, 5.74) is 4.35. The Labute approximate surface area is 170 Å². The molecule has 1 aliphatic rings. The van der Waals surface area contributed by atoms with Crippen molar-refractivity contribution in [1.82, 2.24) is 0 Å². The Hall–Kier alpha value is -3.60. The Bertz CT molecular complexity index is 1030. The first-order valence-electron chi connectivity index (χ1n) is 9.69. The zero-order valence-corrected chi connectivity index (χ0v) is 16.3. The molecule has 0 unspecified atom stereocenters. The highest BCUT2D eigenvalue weighted by Gasteiger charge is 2.23. The summed E-state index contributed by atoms with van der Waals surface area (Å²) in [5, 5.41) is 3.16. The summed E-state index contributed by atoms with van der Waals surface area (Å²) in [6.07, 6.45) is 0.887. The zero-order chi connectivity index (χ0) is 20.2. The van der Waals surface area contributed by atoms with Crippen molar-refractivity contribution in [3.8, 4) is 0 Å². The van der Waals surface area contributed by atoms with Crippen molar-refractivity contribution in [3.05, 3.63) is 90.0 Å². The number of para-hydroxylation sites is 2. The highest BCUT2D eigenvalue weighted by molar-refractivity contribution is 6.06. The second-order valence-electron chi connectivity index (χ2n) is 7.06. The van der Waals surface area contributed by atoms with Crippen molar-refractivity contribution in [2.75, 3.05) is 35.3 Å². The maximum atomic E-state index is 12.8. The number of rotatable bonds is 5. The van der Waals surface area contributed by atoms with Gasteiger partial charge in [-0.2, -0.15) is 0 Å². The normalized spacial score (nSPS) is 12.4. The van der Waals surface area contributed by atoms with Gasteiger partial charge < -0.3 is 15.1 Å². The van der Waals surface area contributed by atoms with E-state index in [1.165, 1.54) is 5.56 Å². The fraction of sp³-hybridized carbons (Fsp3) is 0.167. The molecule has 1 aliphatic heterocycles. The van der Waals surface area contributed by atoms with Crippen LogP contribution in [0.5, 0.6) is 0 Å². The van der Waals surface area contributed by atoms with Crippen molar-refractivity contribution in [1.29, 1.82) is 0 Å². The first-order chi connectivity index (χ1) is 14.1. The Kier molecular flexibility index (Phi) is 5.29. The van der Waals surface area contributed by atoms with E-state index in [9.17, 15) is 9.59 Å². The number of carbonyl (C=O) groups is 2. The highest BCUT2D eigenvalue weighted by atomic mass is 16.2. The minimum Gasteiger partial charge on any atom is -0.376 e. The van der Waals surface area contributed by atoms with Gasteiger partial charge in [-0.15, -0.1) is 0 Å². The van der Waals surface area contributed by atoms with Gasteiger partial charge in [0, 0.05) is 36.2 Å². The molecule has 3 aromatic rings. The van der Waals surface area contributed by atoms with E-state index in [1.807, 2.05) is 65.6 Å². The molecule has 4 rings (SSSR count). The van der Waals surface area contributed by atoms with Crippen molar-refractivity contribution >= 4 is 28.9 Å². The average molecular weight is 385 g/mol. The number of hydrogen-bond acceptors (Lipinski definition) is 3. The van der Waals surface area contributed by atoms with Crippen molar-refractivity contribution in [3.63, 3.8) is 0 Å². The summed E-state index contributed by atoms with van der Waals surface area (Å²) in [6, 6.07) is 24.8. The van der Waals surface area contributed by atoms with Crippen LogP contribution in [-0.2, 0) is 11.2 Å². The Morgan fingerprint density at radius 3 is 2.55 bits per heavy atom. The van der Waals surface area contributed by atoms with Crippen LogP contribution in [0.25, 0.3) is 0 Å². The van der Waals surface area contributed by atoms with Crippen LogP contribution < -0.4 is 15.1 Å². The van der Waals surface area contributed by atoms with Crippen LogP contribution in [0, 0.1) is 0 Å². The standard InChI is InChI=1S/C24H23N3O2/c1-26(21-11-3-2-4-12-21)24(29)19-9-7-10-20(16-19)25-17-23(28)27-15-14-18-8-5-6-13-22(18)27/h2-13,16,25H,14-15,17H2,1H3. The van der Waals surface area contributed by atoms with Gasteiger partial charge >= 0.3 is 0 Å². The Morgan fingerprint density at radius 1 is 0.966 bits per heavy atom. The molecule has 0 bridgehead atoms. The number of nitrogens with one attached hydrogen (secondary N) is 1. The summed E-state index contributed by atoms with van der Waals surface area (Å²) in [4.78, 5) is 28.9. The molecule has 0 saturated heterocycles. The van der Waals surface area contributed by atoms with E-state index < -0.39 is 0 Å². The Balaban J connectivity index is 1.42. The minimum atomic E-state index is -0.0975. The van der Waals surface area contributed by atoms with Crippen molar-refractivity contribution in [2.45, 2.75) is 6.42 Å². The van der Waals surface area contributed by atoms with Gasteiger partial charge in [0.25, 0.3) is 5.91 Å². The van der Waals surface area contributed by atoms with Crippen LogP contribution in [0.3, 0.4) is 0 Å². The third-order valence-corrected chi connectivity index (χ3v) is 5.19. The second-order valence-corrected chi connectivity index (χ2v) is 7.06. The number of carbonyl (C=O) groups excluding carboxylic acids is 2. The summed E-state index contributed by atoms with van der Waals surface area (Å²) in [7, 11) is 1.76. The molecular formula is C24H23N3O2. The number of nitrogens with zero attached hydrogens (tertiary/aromatic N) is 2. The molecule has 146 valence electrons. The van der Waals surface area contributed by atoms with Crippen molar-refractivity contribution < 1.29 is 9.59 Å². The van der Waals surface area contributed by atoms with Crippen LogP contribution in [-0.4, -0.2) is 32.0 Å². The van der Waals surface area contributed by atoms with E-state index in [0.717, 1.165) is 23.5 Å². The molecule has 5 nitrogen and oxygen atoms in total. The van der Waals surface area contributed by atoms with E-state index in [-0.39, 0.29) is 18.4 Å². The summed E-state index contributed by atoms with van der Waals surface area (Å²) >= 11 is 0. The molecule has 0 atom stereocenters. The summed E-state index contributed by atoms with van der Waals surface area (Å²) in [6.45, 7) is 0.890. The van der Waals surface area contributed by atoms with Crippen LogP contribution in [0.1, 0.15) is 15.9 Å². The maximum Gasteiger partial charge on any atom is 0.258 e. The number of amides is 2. The Morgan fingerprint density at radius 2 is 1.72 bits per heavy atom. The van der Waals surface area contributed by atoms with Gasteiger partial charge in [0.15, 0.2) is 0 Å². The molecule has 1 heterocycles. The first kappa shape index (κ1) is 18.7. The average Bonchev–Trinajstić information content (AvgIpc) is 3.21. The smallest absolute Gasteiger partial charge is 0.258 e. The molecule has 0 spiro atoms. The molecule has 0 aromatic heterocycles. The molecule has 0 fully saturated rings. The summed E-state index contributed by atoms with van der Waals surface area (Å²) in [5.74, 6) is -0.0762. The molecule has 29 heavy (non-hydrogen) atoms. The molecule has 0 saturated carbocycles. The molecular weight excluding hydrogens is 362 g/mol. The topological polar surface area (TPSA) is 52.7 Å². The van der Waals surface area contributed by atoms with Crippen LogP contribution in [0.2, 0.25) is 0 Å². The fourth-order valence-electron chi connectivity index (χ4n) is 3.60. The van der Waals surface area contributed by atoms with E-state index in [2.05, 4.69) is 11.4 Å².